The molecule has 0 amide bonds. The molecule has 4 rings (SSSR count). The summed E-state index contributed by atoms with van der Waals surface area (Å²) in [5.74, 6) is 2.47. The van der Waals surface area contributed by atoms with Crippen LogP contribution in [0.15, 0.2) is 0 Å². The first-order valence-electron chi connectivity index (χ1n) is 15.5. The molecule has 1 N–H and O–H groups in total. The molecule has 0 aromatic carbocycles. The molecule has 0 bridgehead atoms. The minimum absolute atomic E-state index is 0.240. The Labute approximate surface area is 234 Å². The number of rotatable bonds is 9. The van der Waals surface area contributed by atoms with E-state index in [1.165, 1.54) is 46.0 Å². The summed E-state index contributed by atoms with van der Waals surface area (Å²) in [6, 6.07) is -0.633. The number of hydrogen-bond donors (Lipinski definition) is 1. The van der Waals surface area contributed by atoms with E-state index in [-0.39, 0.29) is 11.4 Å². The van der Waals surface area contributed by atoms with E-state index in [1.54, 1.807) is 0 Å². The van der Waals surface area contributed by atoms with Crippen molar-refractivity contribution in [1.29, 1.82) is 0 Å². The quantitative estimate of drug-likeness (QED) is 0.199. The highest BCUT2D eigenvalue weighted by Gasteiger charge is 2.71. The molecule has 8 heteroatoms. The Hall–Kier alpha value is -1.86. The molecule has 0 aliphatic heterocycles. The second-order valence-corrected chi connectivity index (χ2v) is 14.5. The number of carbonyl (C=O) groups excluding carboxylic acids is 2. The fraction of sp³-hybridized carbons (Fsp3) is 0.935. The number of esters is 2. The Kier molecular flexibility index (Phi) is 8.64. The molecule has 1 unspecified atom stereocenters. The topological polar surface area (TPSA) is 108 Å². The lowest BCUT2D eigenvalue weighted by Gasteiger charge is -2.66. The summed E-state index contributed by atoms with van der Waals surface area (Å²) >= 11 is 0. The Morgan fingerprint density at radius 2 is 1.72 bits per heavy atom. The molecule has 0 aromatic heterocycles. The molecule has 4 fully saturated rings. The Balaban J connectivity index is 1.66. The number of hydrogen-bond acceptors (Lipinski definition) is 6. The van der Waals surface area contributed by atoms with E-state index in [0.717, 1.165) is 18.8 Å². The average Bonchev–Trinajstić information content (AvgIpc) is 3.16. The highest BCUT2D eigenvalue weighted by molar-refractivity contribution is 5.67. The molecular formula is C31H52N2O6. The van der Waals surface area contributed by atoms with Crippen molar-refractivity contribution in [1.82, 2.24) is 5.43 Å². The average molecular weight is 549 g/mol. The number of carbonyl (C=O) groups is 2. The standard InChI is InChI=1S/C31H52N2O6/c1-19(2)9-8-10-20(3)25-11-12-26-24-17-28(32-33(36)37)31(39-22(5)35)18-23(38-21(4)34)13-16-30(31,7)27(24)14-15-29(25,26)6/h19-20,23-28,32H,8-18H2,1-7H3/t20?,23-,24-,25+,26-,27-,28+,29+,30+,31-/m0/s1. The zero-order valence-corrected chi connectivity index (χ0v) is 25.3. The van der Waals surface area contributed by atoms with Crippen molar-refractivity contribution in [2.24, 2.45) is 46.3 Å². The molecule has 4 aliphatic carbocycles. The molecule has 0 spiro atoms. The lowest BCUT2D eigenvalue weighted by molar-refractivity contribution is -0.559. The fourth-order valence-electron chi connectivity index (χ4n) is 10.4. The zero-order valence-electron chi connectivity index (χ0n) is 25.3. The minimum Gasteiger partial charge on any atom is -0.462 e. The SMILES string of the molecule is CC(=O)O[C@H]1CC[C@]2(C)[C@H]3CC[C@]4(C)[C@@H](C(C)CCCC(C)C)CC[C@H]4[C@@H]3C[C@@H](N[N+](=O)[O-])[C@@]2(OC(C)=O)C1. The predicted octanol–water partition coefficient (Wildman–Crippen LogP) is 6.48. The highest BCUT2D eigenvalue weighted by Crippen LogP contribution is 2.70. The normalized spacial score (nSPS) is 42.1. The van der Waals surface area contributed by atoms with E-state index in [2.05, 4.69) is 40.0 Å². The molecule has 0 aromatic rings. The largest absolute Gasteiger partial charge is 0.462 e. The molecule has 4 aliphatic rings. The Morgan fingerprint density at radius 3 is 2.33 bits per heavy atom. The smallest absolute Gasteiger partial charge is 0.303 e. The molecular weight excluding hydrogens is 496 g/mol. The van der Waals surface area contributed by atoms with Gasteiger partial charge in [0.25, 0.3) is 0 Å². The van der Waals surface area contributed by atoms with Crippen molar-refractivity contribution in [2.45, 2.75) is 137 Å². The summed E-state index contributed by atoms with van der Waals surface area (Å²) in [6.45, 7) is 14.5. The molecule has 0 saturated heterocycles. The summed E-state index contributed by atoms with van der Waals surface area (Å²) in [4.78, 5) is 36.4. The van der Waals surface area contributed by atoms with Crippen molar-refractivity contribution in [3.8, 4) is 0 Å². The van der Waals surface area contributed by atoms with Crippen LogP contribution in [0.25, 0.3) is 0 Å². The minimum atomic E-state index is -1.10. The van der Waals surface area contributed by atoms with Crippen LogP contribution in [0.1, 0.15) is 119 Å². The molecule has 10 atom stereocenters. The van der Waals surface area contributed by atoms with Gasteiger partial charge in [-0.1, -0.05) is 53.9 Å². The van der Waals surface area contributed by atoms with Crippen LogP contribution in [0.4, 0.5) is 0 Å². The van der Waals surface area contributed by atoms with Gasteiger partial charge in [-0.2, -0.15) is 0 Å². The molecule has 0 radical (unpaired) electrons. The number of hydrazine groups is 1. The molecule has 0 heterocycles. The highest BCUT2D eigenvalue weighted by atomic mass is 16.7. The third-order valence-electron chi connectivity index (χ3n) is 11.9. The van der Waals surface area contributed by atoms with Crippen LogP contribution >= 0.6 is 0 Å². The maximum Gasteiger partial charge on any atom is 0.303 e. The van der Waals surface area contributed by atoms with Gasteiger partial charge in [0.2, 0.25) is 0 Å². The van der Waals surface area contributed by atoms with Crippen molar-refractivity contribution in [2.75, 3.05) is 0 Å². The molecule has 222 valence electrons. The van der Waals surface area contributed by atoms with E-state index in [9.17, 15) is 19.7 Å². The second-order valence-electron chi connectivity index (χ2n) is 14.5. The third-order valence-corrected chi connectivity index (χ3v) is 11.9. The first-order valence-corrected chi connectivity index (χ1v) is 15.5. The summed E-state index contributed by atoms with van der Waals surface area (Å²) in [5.41, 5.74) is 1.34. The number of ether oxygens (including phenoxy) is 2. The van der Waals surface area contributed by atoms with E-state index >= 15 is 0 Å². The van der Waals surface area contributed by atoms with Crippen LogP contribution in [-0.2, 0) is 19.1 Å². The maximum atomic E-state index is 12.6. The summed E-state index contributed by atoms with van der Waals surface area (Å²) in [6.07, 6.45) is 10.3. The van der Waals surface area contributed by atoms with Gasteiger partial charge in [-0.25, -0.2) is 10.1 Å². The zero-order chi connectivity index (χ0) is 28.8. The van der Waals surface area contributed by atoms with Crippen LogP contribution in [0.3, 0.4) is 0 Å². The number of nitrogens with zero attached hydrogens (tertiary/aromatic N) is 1. The maximum absolute atomic E-state index is 12.6. The van der Waals surface area contributed by atoms with Gasteiger partial charge in [0, 0.05) is 25.7 Å². The summed E-state index contributed by atoms with van der Waals surface area (Å²) in [7, 11) is 0. The molecule has 39 heavy (non-hydrogen) atoms. The van der Waals surface area contributed by atoms with Gasteiger partial charge in [-0.15, -0.1) is 5.43 Å². The van der Waals surface area contributed by atoms with Gasteiger partial charge in [0.1, 0.15) is 17.7 Å². The van der Waals surface area contributed by atoms with Gasteiger partial charge >= 0.3 is 11.9 Å². The molecule has 8 nitrogen and oxygen atoms in total. The van der Waals surface area contributed by atoms with Crippen LogP contribution < -0.4 is 5.43 Å². The van der Waals surface area contributed by atoms with E-state index in [0.29, 0.717) is 55.3 Å². The van der Waals surface area contributed by atoms with Gasteiger partial charge < -0.3 is 9.47 Å². The van der Waals surface area contributed by atoms with Crippen LogP contribution in [0.5, 0.6) is 0 Å². The third kappa shape index (κ3) is 5.42. The van der Waals surface area contributed by atoms with Gasteiger partial charge in [0.05, 0.1) is 0 Å². The number of nitrogens with one attached hydrogen (secondary N) is 1. The Morgan fingerprint density at radius 1 is 1.00 bits per heavy atom. The Bertz CT molecular complexity index is 940. The monoisotopic (exact) mass is 548 g/mol. The number of fused-ring (bicyclic) bond motifs is 5. The lowest BCUT2D eigenvalue weighted by Crippen LogP contribution is -2.73. The van der Waals surface area contributed by atoms with Gasteiger partial charge in [-0.05, 0) is 85.9 Å². The molecule has 4 saturated carbocycles. The summed E-state index contributed by atoms with van der Waals surface area (Å²) < 4.78 is 11.8. The first-order chi connectivity index (χ1) is 18.2. The predicted molar refractivity (Wildman–Crippen MR) is 149 cm³/mol. The van der Waals surface area contributed by atoms with Crippen molar-refractivity contribution < 1.29 is 24.1 Å². The first kappa shape index (κ1) is 30.1. The summed E-state index contributed by atoms with van der Waals surface area (Å²) in [5, 5.41) is 11.5. The fourth-order valence-corrected chi connectivity index (χ4v) is 10.4. The van der Waals surface area contributed by atoms with Gasteiger partial charge in [0.15, 0.2) is 5.03 Å². The van der Waals surface area contributed by atoms with Crippen LogP contribution in [0.2, 0.25) is 0 Å². The lowest BCUT2D eigenvalue weighted by atomic mass is 9.41. The van der Waals surface area contributed by atoms with Crippen LogP contribution in [-0.4, -0.2) is 34.7 Å². The van der Waals surface area contributed by atoms with Crippen LogP contribution in [0, 0.1) is 56.5 Å². The van der Waals surface area contributed by atoms with Gasteiger partial charge in [-0.3, -0.25) is 9.59 Å². The van der Waals surface area contributed by atoms with Crippen molar-refractivity contribution >= 4 is 11.9 Å². The van der Waals surface area contributed by atoms with Crippen molar-refractivity contribution in [3.05, 3.63) is 10.1 Å². The van der Waals surface area contributed by atoms with E-state index in [1.807, 2.05) is 0 Å². The van der Waals surface area contributed by atoms with E-state index in [4.69, 9.17) is 9.47 Å². The van der Waals surface area contributed by atoms with E-state index < -0.39 is 34.2 Å². The van der Waals surface area contributed by atoms with Crippen molar-refractivity contribution in [3.63, 3.8) is 0 Å². The number of nitro groups is 1. The second kappa shape index (κ2) is 11.2.